The summed E-state index contributed by atoms with van der Waals surface area (Å²) in [5, 5.41) is 3.01. The van der Waals surface area contributed by atoms with E-state index < -0.39 is 0 Å². The number of nitrogens with one attached hydrogen (secondary N) is 1. The van der Waals surface area contributed by atoms with Crippen LogP contribution in [-0.4, -0.2) is 55.2 Å². The molecule has 0 spiro atoms. The zero-order chi connectivity index (χ0) is 20.3. The van der Waals surface area contributed by atoms with Crippen molar-refractivity contribution in [1.82, 2.24) is 9.80 Å². The second-order valence-electron chi connectivity index (χ2n) is 8.47. The summed E-state index contributed by atoms with van der Waals surface area (Å²) in [7, 11) is 0. The highest BCUT2D eigenvalue weighted by Gasteiger charge is 2.26. The lowest BCUT2D eigenvalue weighted by molar-refractivity contribution is 0.147. The first kappa shape index (κ1) is 19.2. The number of benzene rings is 2. The zero-order valence-corrected chi connectivity index (χ0v) is 17.3. The van der Waals surface area contributed by atoms with Crippen molar-refractivity contribution in [3.63, 3.8) is 0 Å². The van der Waals surface area contributed by atoms with Crippen molar-refractivity contribution < 1.29 is 14.3 Å². The predicted molar refractivity (Wildman–Crippen MR) is 116 cm³/mol. The fourth-order valence-electron chi connectivity index (χ4n) is 4.72. The summed E-state index contributed by atoms with van der Waals surface area (Å²) in [5.74, 6) is 2.09. The number of urea groups is 1. The number of hydrogen-bond donors (Lipinski definition) is 1. The van der Waals surface area contributed by atoms with Crippen LogP contribution >= 0.6 is 0 Å². The van der Waals surface area contributed by atoms with E-state index in [1.165, 1.54) is 11.1 Å². The smallest absolute Gasteiger partial charge is 0.321 e. The standard InChI is InChI=1S/C24H29N3O3/c28-24(25-21-5-6-22-23(15-21)30-14-13-29-22)27-11-7-18(8-12-27)16-26-10-9-19-3-1-2-4-20(19)17-26/h1-6,15,18H,7-14,16-17H2,(H,25,28). The van der Waals surface area contributed by atoms with E-state index >= 15 is 0 Å². The molecule has 6 nitrogen and oxygen atoms in total. The van der Waals surface area contributed by atoms with E-state index in [9.17, 15) is 4.79 Å². The molecule has 30 heavy (non-hydrogen) atoms. The van der Waals surface area contributed by atoms with E-state index in [2.05, 4.69) is 34.5 Å². The number of rotatable bonds is 3. The summed E-state index contributed by atoms with van der Waals surface area (Å²) >= 11 is 0. The molecule has 5 rings (SSSR count). The number of carbonyl (C=O) groups excluding carboxylic acids is 1. The maximum absolute atomic E-state index is 12.7. The fourth-order valence-corrected chi connectivity index (χ4v) is 4.72. The number of piperidine rings is 1. The van der Waals surface area contributed by atoms with Gasteiger partial charge in [-0.1, -0.05) is 24.3 Å². The van der Waals surface area contributed by atoms with E-state index in [-0.39, 0.29) is 6.03 Å². The molecular formula is C24H29N3O3. The number of nitrogens with zero attached hydrogens (tertiary/aromatic N) is 2. The highest BCUT2D eigenvalue weighted by atomic mass is 16.6. The van der Waals surface area contributed by atoms with Gasteiger partial charge in [0.25, 0.3) is 0 Å². The van der Waals surface area contributed by atoms with Crippen LogP contribution in [0, 0.1) is 5.92 Å². The topological polar surface area (TPSA) is 54.0 Å². The molecule has 158 valence electrons. The second-order valence-corrected chi connectivity index (χ2v) is 8.47. The average Bonchev–Trinajstić information content (AvgIpc) is 2.79. The highest BCUT2D eigenvalue weighted by molar-refractivity contribution is 5.89. The van der Waals surface area contributed by atoms with Crippen molar-refractivity contribution in [3.8, 4) is 11.5 Å². The maximum Gasteiger partial charge on any atom is 0.321 e. The van der Waals surface area contributed by atoms with Crippen LogP contribution in [0.5, 0.6) is 11.5 Å². The van der Waals surface area contributed by atoms with Crippen LogP contribution in [0.15, 0.2) is 42.5 Å². The number of carbonyl (C=O) groups is 1. The van der Waals surface area contributed by atoms with Crippen LogP contribution < -0.4 is 14.8 Å². The van der Waals surface area contributed by atoms with Crippen LogP contribution in [0.1, 0.15) is 24.0 Å². The monoisotopic (exact) mass is 407 g/mol. The Balaban J connectivity index is 1.11. The van der Waals surface area contributed by atoms with Crippen LogP contribution in [0.3, 0.4) is 0 Å². The van der Waals surface area contributed by atoms with Crippen LogP contribution in [-0.2, 0) is 13.0 Å². The van der Waals surface area contributed by atoms with Crippen LogP contribution in [0.2, 0.25) is 0 Å². The van der Waals surface area contributed by atoms with Gasteiger partial charge in [0.1, 0.15) is 13.2 Å². The largest absolute Gasteiger partial charge is 0.486 e. The van der Waals surface area contributed by atoms with E-state index in [1.807, 2.05) is 23.1 Å². The van der Waals surface area contributed by atoms with Crippen molar-refractivity contribution in [2.24, 2.45) is 5.92 Å². The first-order chi connectivity index (χ1) is 14.7. The summed E-state index contributed by atoms with van der Waals surface area (Å²) in [4.78, 5) is 17.2. The minimum atomic E-state index is -0.0305. The van der Waals surface area contributed by atoms with Gasteiger partial charge in [-0.15, -0.1) is 0 Å². The molecule has 0 unspecified atom stereocenters. The Kier molecular flexibility index (Phi) is 5.49. The van der Waals surface area contributed by atoms with Gasteiger partial charge in [0.05, 0.1) is 0 Å². The minimum absolute atomic E-state index is 0.0305. The molecule has 3 aliphatic rings. The van der Waals surface area contributed by atoms with Gasteiger partial charge in [-0.3, -0.25) is 4.90 Å². The Labute approximate surface area is 177 Å². The molecule has 3 aliphatic heterocycles. The third-order valence-corrected chi connectivity index (χ3v) is 6.42. The lowest BCUT2D eigenvalue weighted by atomic mass is 9.94. The molecule has 1 fully saturated rings. The van der Waals surface area contributed by atoms with Crippen LogP contribution in [0.25, 0.3) is 0 Å². The van der Waals surface area contributed by atoms with Gasteiger partial charge in [0, 0.05) is 44.5 Å². The number of ether oxygens (including phenoxy) is 2. The molecule has 3 heterocycles. The third-order valence-electron chi connectivity index (χ3n) is 6.42. The predicted octanol–water partition coefficient (Wildman–Crippen LogP) is 3.76. The fraction of sp³-hybridized carbons (Fsp3) is 0.458. The minimum Gasteiger partial charge on any atom is -0.486 e. The second kappa shape index (κ2) is 8.56. The molecule has 1 saturated heterocycles. The van der Waals surface area contributed by atoms with Gasteiger partial charge in [0.15, 0.2) is 11.5 Å². The molecule has 0 bridgehead atoms. The van der Waals surface area contributed by atoms with E-state index in [4.69, 9.17) is 9.47 Å². The molecular weight excluding hydrogens is 378 g/mol. The van der Waals surface area contributed by atoms with Crippen molar-refractivity contribution in [3.05, 3.63) is 53.6 Å². The Bertz CT molecular complexity index is 908. The van der Waals surface area contributed by atoms with Gasteiger partial charge in [0.2, 0.25) is 0 Å². The van der Waals surface area contributed by atoms with Gasteiger partial charge in [-0.2, -0.15) is 0 Å². The summed E-state index contributed by atoms with van der Waals surface area (Å²) in [6.45, 7) is 6.06. The molecule has 6 heteroatoms. The van der Waals surface area contributed by atoms with Crippen LogP contribution in [0.4, 0.5) is 10.5 Å². The number of anilines is 1. The first-order valence-electron chi connectivity index (χ1n) is 11.0. The molecule has 0 aliphatic carbocycles. The van der Waals surface area contributed by atoms with E-state index in [0.717, 1.165) is 63.4 Å². The van der Waals surface area contributed by atoms with Gasteiger partial charge >= 0.3 is 6.03 Å². The lowest BCUT2D eigenvalue weighted by Crippen LogP contribution is -2.44. The SMILES string of the molecule is O=C(Nc1ccc2c(c1)OCCO2)N1CCC(CN2CCc3ccccc3C2)CC1. The summed E-state index contributed by atoms with van der Waals surface area (Å²) in [6, 6.07) is 14.3. The molecule has 0 saturated carbocycles. The molecule has 0 atom stereocenters. The lowest BCUT2D eigenvalue weighted by Gasteiger charge is -2.36. The Morgan fingerprint density at radius 1 is 0.967 bits per heavy atom. The van der Waals surface area contributed by atoms with Gasteiger partial charge < -0.3 is 19.7 Å². The van der Waals surface area contributed by atoms with Gasteiger partial charge in [-0.25, -0.2) is 4.79 Å². The number of amides is 2. The van der Waals surface area contributed by atoms with E-state index in [1.54, 1.807) is 0 Å². The Morgan fingerprint density at radius 3 is 2.57 bits per heavy atom. The molecule has 1 N–H and O–H groups in total. The number of hydrogen-bond acceptors (Lipinski definition) is 4. The summed E-state index contributed by atoms with van der Waals surface area (Å²) in [5.41, 5.74) is 3.72. The molecule has 2 aromatic rings. The number of likely N-dealkylation sites (tertiary alicyclic amines) is 1. The van der Waals surface area contributed by atoms with Crippen molar-refractivity contribution in [2.45, 2.75) is 25.8 Å². The summed E-state index contributed by atoms with van der Waals surface area (Å²) < 4.78 is 11.1. The molecule has 0 radical (unpaired) electrons. The zero-order valence-electron chi connectivity index (χ0n) is 17.3. The maximum atomic E-state index is 12.7. The van der Waals surface area contributed by atoms with Crippen molar-refractivity contribution in [2.75, 3.05) is 44.7 Å². The normalized spacial score (nSPS) is 19.3. The summed E-state index contributed by atoms with van der Waals surface area (Å²) in [6.07, 6.45) is 3.27. The first-order valence-corrected chi connectivity index (χ1v) is 11.0. The Morgan fingerprint density at radius 2 is 1.73 bits per heavy atom. The quantitative estimate of drug-likeness (QED) is 0.842. The molecule has 2 amide bonds. The van der Waals surface area contributed by atoms with Crippen molar-refractivity contribution >= 4 is 11.7 Å². The van der Waals surface area contributed by atoms with Gasteiger partial charge in [-0.05, 0) is 48.4 Å². The number of fused-ring (bicyclic) bond motifs is 2. The highest BCUT2D eigenvalue weighted by Crippen LogP contribution is 2.33. The van der Waals surface area contributed by atoms with Crippen molar-refractivity contribution in [1.29, 1.82) is 0 Å². The van der Waals surface area contributed by atoms with E-state index in [0.29, 0.717) is 24.9 Å². The Hall–Kier alpha value is -2.73. The molecule has 0 aromatic heterocycles. The molecule has 2 aromatic carbocycles. The average molecular weight is 408 g/mol. The third kappa shape index (κ3) is 4.24.